The Labute approximate surface area is 183 Å². The molecule has 0 aliphatic carbocycles. The van der Waals surface area contributed by atoms with Crippen LogP contribution in [0, 0.1) is 5.41 Å². The lowest BCUT2D eigenvalue weighted by Crippen LogP contribution is -2.53. The van der Waals surface area contributed by atoms with Crippen LogP contribution in [0.25, 0.3) is 0 Å². The molecule has 0 bridgehead atoms. The van der Waals surface area contributed by atoms with Crippen LogP contribution in [0.15, 0.2) is 0 Å². The highest BCUT2D eigenvalue weighted by Gasteiger charge is 2.50. The first-order chi connectivity index (χ1) is 14.1. The minimum Gasteiger partial charge on any atom is -0.479 e. The van der Waals surface area contributed by atoms with Gasteiger partial charge in [0.25, 0.3) is 10.1 Å². The summed E-state index contributed by atoms with van der Waals surface area (Å²) >= 11 is 0. The van der Waals surface area contributed by atoms with Gasteiger partial charge in [0.1, 0.15) is 0 Å². The van der Waals surface area contributed by atoms with E-state index in [1.165, 1.54) is 20.8 Å². The Morgan fingerprint density at radius 3 is 2.23 bits per heavy atom. The zero-order valence-electron chi connectivity index (χ0n) is 18.8. The van der Waals surface area contributed by atoms with Gasteiger partial charge in [-0.05, 0) is 39.5 Å². The second-order valence-electron chi connectivity index (χ2n) is 8.13. The largest absolute Gasteiger partial charge is 0.508 e. The van der Waals surface area contributed by atoms with Gasteiger partial charge < -0.3 is 25.0 Å². The van der Waals surface area contributed by atoms with E-state index in [4.69, 9.17) is 13.7 Å². The number of hydrogen-bond donors (Lipinski definition) is 3. The normalized spacial score (nSPS) is 14.0. The summed E-state index contributed by atoms with van der Waals surface area (Å²) in [5.74, 6) is -2.16. The van der Waals surface area contributed by atoms with Crippen molar-refractivity contribution in [2.45, 2.75) is 72.0 Å². The Morgan fingerprint density at radius 2 is 1.71 bits per heavy atom. The van der Waals surface area contributed by atoms with E-state index in [0.29, 0.717) is 0 Å². The maximum Gasteiger partial charge on any atom is 0.508 e. The van der Waals surface area contributed by atoms with E-state index >= 15 is 0 Å². The molecule has 0 saturated heterocycles. The summed E-state index contributed by atoms with van der Waals surface area (Å²) < 4.78 is 38.7. The zero-order chi connectivity index (χ0) is 24.3. The molecule has 11 nitrogen and oxygen atoms in total. The first kappa shape index (κ1) is 29.1. The van der Waals surface area contributed by atoms with Crippen LogP contribution in [-0.2, 0) is 33.4 Å². The van der Waals surface area contributed by atoms with Gasteiger partial charge in [-0.2, -0.15) is 8.42 Å². The third kappa shape index (κ3) is 11.3. The number of nitrogens with one attached hydrogen (secondary N) is 1. The molecular formula is C19H35NO10S. The minimum absolute atomic E-state index is 0.0130. The van der Waals surface area contributed by atoms with Crippen molar-refractivity contribution in [1.82, 2.24) is 5.32 Å². The van der Waals surface area contributed by atoms with Crippen molar-refractivity contribution in [3.05, 3.63) is 0 Å². The molecule has 0 saturated carbocycles. The number of unbranched alkanes of at least 4 members (excludes halogenated alkanes) is 1. The lowest BCUT2D eigenvalue weighted by Gasteiger charge is -2.38. The van der Waals surface area contributed by atoms with Gasteiger partial charge in [0.15, 0.2) is 5.60 Å². The molecule has 0 aromatic heterocycles. The molecule has 0 spiro atoms. The summed E-state index contributed by atoms with van der Waals surface area (Å²) in [7, 11) is -3.97. The average Bonchev–Trinajstić information content (AvgIpc) is 2.62. The fourth-order valence-electron chi connectivity index (χ4n) is 2.53. The Hall–Kier alpha value is -1.92. The van der Waals surface area contributed by atoms with Crippen molar-refractivity contribution in [2.75, 3.05) is 25.5 Å². The van der Waals surface area contributed by atoms with Crippen LogP contribution in [0.2, 0.25) is 0 Å². The van der Waals surface area contributed by atoms with Gasteiger partial charge in [0, 0.05) is 18.9 Å². The highest BCUT2D eigenvalue weighted by molar-refractivity contribution is 7.86. The molecule has 1 atom stereocenters. The highest BCUT2D eigenvalue weighted by atomic mass is 32.2. The van der Waals surface area contributed by atoms with E-state index in [1.54, 1.807) is 13.8 Å². The average molecular weight is 470 g/mol. The molecule has 0 fully saturated rings. The van der Waals surface area contributed by atoms with E-state index in [0.717, 1.165) is 0 Å². The van der Waals surface area contributed by atoms with E-state index in [2.05, 4.69) is 5.32 Å². The number of carbonyl (C=O) groups is 3. The molecule has 3 N–H and O–H groups in total. The van der Waals surface area contributed by atoms with E-state index in [9.17, 15) is 33.0 Å². The van der Waals surface area contributed by atoms with Crippen LogP contribution in [0.5, 0.6) is 0 Å². The van der Waals surface area contributed by atoms with Crippen LogP contribution < -0.4 is 5.32 Å². The fraction of sp³-hybridized carbons (Fsp3) is 0.842. The molecule has 0 unspecified atom stereocenters. The molecule has 182 valence electrons. The molecule has 0 rings (SSSR count). The molecule has 0 heterocycles. The summed E-state index contributed by atoms with van der Waals surface area (Å²) in [6, 6.07) is 0. The van der Waals surface area contributed by atoms with Gasteiger partial charge >= 0.3 is 12.1 Å². The lowest BCUT2D eigenvalue weighted by molar-refractivity contribution is -0.177. The van der Waals surface area contributed by atoms with Gasteiger partial charge in [0.2, 0.25) is 5.91 Å². The number of carboxylic acid groups (broad SMARTS) is 1. The molecular weight excluding hydrogens is 434 g/mol. The second-order valence-corrected chi connectivity index (χ2v) is 9.89. The Bertz CT molecular complexity index is 704. The molecule has 0 aliphatic rings. The van der Waals surface area contributed by atoms with Crippen LogP contribution in [0.4, 0.5) is 4.79 Å². The number of carbonyl (C=O) groups excluding carboxylic acids is 2. The number of amides is 1. The van der Waals surface area contributed by atoms with Crippen molar-refractivity contribution in [3.8, 4) is 0 Å². The first-order valence-electron chi connectivity index (χ1n) is 10.0. The van der Waals surface area contributed by atoms with Crippen molar-refractivity contribution in [3.63, 3.8) is 0 Å². The quantitative estimate of drug-likeness (QED) is 0.181. The first-order valence-corrected chi connectivity index (χ1v) is 11.6. The SMILES string of the molecule is CC(=O)NCCCS(=O)(=O)OCC(C)(C)[C@](O)(CCCCOC(=O)OC(C)C)C(=O)O. The predicted octanol–water partition coefficient (Wildman–Crippen LogP) is 1.43. The molecule has 31 heavy (non-hydrogen) atoms. The standard InChI is InChI=1S/C19H35NO10S/c1-14(2)30-17(24)28-11-7-6-9-19(25,16(22)23)18(4,5)13-29-31(26,27)12-8-10-20-15(3)21/h14,25H,6-13H2,1-5H3,(H,20,21)(H,22,23)/t19-/m0/s1. The van der Waals surface area contributed by atoms with Crippen molar-refractivity contribution in [1.29, 1.82) is 0 Å². The molecule has 12 heteroatoms. The maximum atomic E-state index is 12.0. The number of aliphatic hydroxyl groups is 1. The number of hydrogen-bond acceptors (Lipinski definition) is 9. The van der Waals surface area contributed by atoms with Gasteiger partial charge in [-0.1, -0.05) is 13.8 Å². The van der Waals surface area contributed by atoms with Crippen LogP contribution >= 0.6 is 0 Å². The maximum absolute atomic E-state index is 12.0. The van der Waals surface area contributed by atoms with Crippen molar-refractivity contribution < 1.29 is 46.7 Å². The Kier molecular flexibility index (Phi) is 12.0. The van der Waals surface area contributed by atoms with Crippen molar-refractivity contribution in [2.24, 2.45) is 5.41 Å². The van der Waals surface area contributed by atoms with E-state index in [-0.39, 0.29) is 56.6 Å². The van der Waals surface area contributed by atoms with Gasteiger partial charge in [-0.15, -0.1) is 0 Å². The molecule has 1 amide bonds. The summed E-state index contributed by atoms with van der Waals surface area (Å²) in [5, 5.41) is 22.8. The van der Waals surface area contributed by atoms with Crippen LogP contribution in [0.3, 0.4) is 0 Å². The smallest absolute Gasteiger partial charge is 0.479 e. The third-order valence-corrected chi connectivity index (χ3v) is 5.77. The summed E-state index contributed by atoms with van der Waals surface area (Å²) in [5.41, 5.74) is -3.71. The number of aliphatic carboxylic acids is 1. The fourth-order valence-corrected chi connectivity index (χ4v) is 3.62. The number of rotatable bonds is 15. The van der Waals surface area contributed by atoms with Crippen LogP contribution in [0.1, 0.15) is 60.3 Å². The zero-order valence-corrected chi connectivity index (χ0v) is 19.6. The topological polar surface area (TPSA) is 166 Å². The van der Waals surface area contributed by atoms with Gasteiger partial charge in [-0.3, -0.25) is 8.98 Å². The summed E-state index contributed by atoms with van der Waals surface area (Å²) in [6.07, 6.45) is -0.756. The predicted molar refractivity (Wildman–Crippen MR) is 111 cm³/mol. The molecule has 0 aromatic rings. The van der Waals surface area contributed by atoms with E-state index in [1.807, 2.05) is 0 Å². The third-order valence-electron chi connectivity index (χ3n) is 4.50. The second kappa shape index (κ2) is 12.8. The Balaban J connectivity index is 4.72. The van der Waals surface area contributed by atoms with Crippen LogP contribution in [-0.4, -0.2) is 73.9 Å². The Morgan fingerprint density at radius 1 is 1.10 bits per heavy atom. The monoisotopic (exact) mass is 469 g/mol. The molecule has 0 radical (unpaired) electrons. The molecule has 0 aliphatic heterocycles. The van der Waals surface area contributed by atoms with Gasteiger partial charge in [-0.25, -0.2) is 9.59 Å². The molecule has 0 aromatic carbocycles. The number of carboxylic acids is 1. The summed E-state index contributed by atoms with van der Waals surface area (Å²) in [4.78, 5) is 33.9. The van der Waals surface area contributed by atoms with E-state index < -0.39 is 39.9 Å². The highest BCUT2D eigenvalue weighted by Crippen LogP contribution is 2.36. The summed E-state index contributed by atoms with van der Waals surface area (Å²) in [6.45, 7) is 7.03. The van der Waals surface area contributed by atoms with Crippen molar-refractivity contribution >= 4 is 28.1 Å². The number of ether oxygens (including phenoxy) is 2. The lowest BCUT2D eigenvalue weighted by atomic mass is 9.72. The van der Waals surface area contributed by atoms with Gasteiger partial charge in [0.05, 0.1) is 25.1 Å². The minimum atomic E-state index is -3.97.